The predicted molar refractivity (Wildman–Crippen MR) is 150 cm³/mol. The highest BCUT2D eigenvalue weighted by Gasteiger charge is 2.33. The Morgan fingerprint density at radius 1 is 1.19 bits per heavy atom. The Hall–Kier alpha value is -2.69. The summed E-state index contributed by atoms with van der Waals surface area (Å²) < 4.78 is 14.5. The number of anilines is 1. The third-order valence-electron chi connectivity index (χ3n) is 5.76. The molecule has 188 valence electrons. The number of nitrogens with zero attached hydrogens (tertiary/aromatic N) is 3. The maximum atomic E-state index is 13.8. The normalized spacial score (nSPS) is 15.4. The molecule has 0 bridgehead atoms. The van der Waals surface area contributed by atoms with Crippen molar-refractivity contribution < 1.29 is 14.3 Å². The number of methoxy groups -OCH3 is 1. The van der Waals surface area contributed by atoms with Gasteiger partial charge in [0.15, 0.2) is 4.80 Å². The number of ether oxygens (including phenoxy) is 2. The molecule has 1 aromatic heterocycles. The first kappa shape index (κ1) is 26.4. The van der Waals surface area contributed by atoms with E-state index in [2.05, 4.69) is 36.9 Å². The molecule has 0 saturated carbocycles. The maximum absolute atomic E-state index is 13.8. The van der Waals surface area contributed by atoms with Gasteiger partial charge < -0.3 is 14.4 Å². The van der Waals surface area contributed by atoms with E-state index in [1.165, 1.54) is 11.3 Å². The zero-order chi connectivity index (χ0) is 26.1. The van der Waals surface area contributed by atoms with Crippen LogP contribution in [0, 0.1) is 0 Å². The van der Waals surface area contributed by atoms with Gasteiger partial charge in [-0.25, -0.2) is 9.79 Å². The quantitative estimate of drug-likeness (QED) is 0.376. The first-order valence-electron chi connectivity index (χ1n) is 11.2. The molecule has 1 atom stereocenters. The SMILES string of the molecule is CCOC(=O)C1=C(C)N=c2s/c(=C/c3ccc(N(C)C)c(Br)c3)c(=O)n2[C@H]1c1ccc(OC)c(Br)c1. The largest absolute Gasteiger partial charge is 0.496 e. The number of fused-ring (bicyclic) bond motifs is 1. The highest BCUT2D eigenvalue weighted by Crippen LogP contribution is 2.35. The van der Waals surface area contributed by atoms with Gasteiger partial charge in [-0.2, -0.15) is 0 Å². The summed E-state index contributed by atoms with van der Waals surface area (Å²) in [5, 5.41) is 0. The Labute approximate surface area is 229 Å². The molecule has 1 aliphatic rings. The van der Waals surface area contributed by atoms with Crippen LogP contribution < -0.4 is 24.5 Å². The minimum Gasteiger partial charge on any atom is -0.496 e. The number of thiazole rings is 1. The van der Waals surface area contributed by atoms with Crippen LogP contribution in [0.2, 0.25) is 0 Å². The summed E-state index contributed by atoms with van der Waals surface area (Å²) in [7, 11) is 5.53. The third kappa shape index (κ3) is 4.94. The van der Waals surface area contributed by atoms with Crippen molar-refractivity contribution in [2.75, 3.05) is 32.7 Å². The van der Waals surface area contributed by atoms with Crippen LogP contribution in [0.3, 0.4) is 0 Å². The number of esters is 1. The highest BCUT2D eigenvalue weighted by atomic mass is 79.9. The summed E-state index contributed by atoms with van der Waals surface area (Å²) in [5.41, 5.74) is 3.29. The summed E-state index contributed by atoms with van der Waals surface area (Å²) in [6.07, 6.45) is 1.85. The number of hydrogen-bond donors (Lipinski definition) is 0. The maximum Gasteiger partial charge on any atom is 0.338 e. The molecule has 36 heavy (non-hydrogen) atoms. The number of benzene rings is 2. The van der Waals surface area contributed by atoms with E-state index in [0.717, 1.165) is 21.3 Å². The van der Waals surface area contributed by atoms with Crippen LogP contribution in [0.15, 0.2) is 66.4 Å². The smallest absolute Gasteiger partial charge is 0.338 e. The minimum atomic E-state index is -0.687. The minimum absolute atomic E-state index is 0.219. The second-order valence-corrected chi connectivity index (χ2v) is 11.0. The summed E-state index contributed by atoms with van der Waals surface area (Å²) in [4.78, 5) is 34.0. The van der Waals surface area contributed by atoms with Gasteiger partial charge in [0.1, 0.15) is 5.75 Å². The number of carbonyl (C=O) groups excluding carboxylic acids is 1. The number of carbonyl (C=O) groups is 1. The van der Waals surface area contributed by atoms with Crippen LogP contribution in [0.5, 0.6) is 5.75 Å². The highest BCUT2D eigenvalue weighted by molar-refractivity contribution is 9.11. The Kier molecular flexibility index (Phi) is 7.87. The van der Waals surface area contributed by atoms with E-state index < -0.39 is 12.0 Å². The molecule has 2 heterocycles. The van der Waals surface area contributed by atoms with E-state index in [4.69, 9.17) is 9.47 Å². The summed E-state index contributed by atoms with van der Waals surface area (Å²) in [5.74, 6) is 0.157. The van der Waals surface area contributed by atoms with Gasteiger partial charge >= 0.3 is 5.97 Å². The van der Waals surface area contributed by atoms with E-state index in [9.17, 15) is 9.59 Å². The van der Waals surface area contributed by atoms with Crippen molar-refractivity contribution in [2.45, 2.75) is 19.9 Å². The fourth-order valence-corrected chi connectivity index (χ4v) is 6.44. The van der Waals surface area contributed by atoms with Crippen molar-refractivity contribution in [3.05, 3.63) is 87.4 Å². The Balaban J connectivity index is 1.93. The molecule has 0 aliphatic carbocycles. The van der Waals surface area contributed by atoms with Crippen LogP contribution in [-0.2, 0) is 9.53 Å². The van der Waals surface area contributed by atoms with Gasteiger partial charge in [-0.3, -0.25) is 9.36 Å². The average Bonchev–Trinajstić information content (AvgIpc) is 3.12. The lowest BCUT2D eigenvalue weighted by Gasteiger charge is -2.25. The van der Waals surface area contributed by atoms with E-state index in [1.807, 2.05) is 55.4 Å². The lowest BCUT2D eigenvalue weighted by atomic mass is 9.96. The molecule has 0 radical (unpaired) electrons. The van der Waals surface area contributed by atoms with Crippen molar-refractivity contribution in [1.29, 1.82) is 0 Å². The van der Waals surface area contributed by atoms with Crippen molar-refractivity contribution in [3.63, 3.8) is 0 Å². The molecule has 3 aromatic rings. The molecule has 0 N–H and O–H groups in total. The molecular formula is C26H25Br2N3O4S. The van der Waals surface area contributed by atoms with Crippen LogP contribution >= 0.6 is 43.2 Å². The Morgan fingerprint density at radius 2 is 1.94 bits per heavy atom. The van der Waals surface area contributed by atoms with Gasteiger partial charge in [0.2, 0.25) is 0 Å². The van der Waals surface area contributed by atoms with Gasteiger partial charge in [-0.05, 0) is 87.2 Å². The Morgan fingerprint density at radius 3 is 2.56 bits per heavy atom. The second kappa shape index (κ2) is 10.7. The van der Waals surface area contributed by atoms with Crippen LogP contribution in [0.4, 0.5) is 5.69 Å². The molecule has 0 fully saturated rings. The van der Waals surface area contributed by atoms with Crippen LogP contribution in [-0.4, -0.2) is 38.3 Å². The summed E-state index contributed by atoms with van der Waals surface area (Å²) in [6, 6.07) is 10.8. The molecule has 0 amide bonds. The molecule has 4 rings (SSSR count). The molecule has 10 heteroatoms. The number of allylic oxidation sites excluding steroid dienone is 1. The van der Waals surface area contributed by atoms with Crippen molar-refractivity contribution >= 4 is 60.9 Å². The monoisotopic (exact) mass is 633 g/mol. The summed E-state index contributed by atoms with van der Waals surface area (Å²) >= 11 is 8.43. The van der Waals surface area contributed by atoms with Gasteiger partial charge in [-0.1, -0.05) is 23.5 Å². The van der Waals surface area contributed by atoms with E-state index in [0.29, 0.717) is 30.8 Å². The Bertz CT molecular complexity index is 1560. The van der Waals surface area contributed by atoms with Crippen molar-refractivity contribution in [2.24, 2.45) is 4.99 Å². The second-order valence-electron chi connectivity index (χ2n) is 8.30. The van der Waals surface area contributed by atoms with E-state index in [1.54, 1.807) is 31.6 Å². The number of aromatic nitrogens is 1. The van der Waals surface area contributed by atoms with Crippen molar-refractivity contribution in [3.8, 4) is 5.75 Å². The van der Waals surface area contributed by atoms with Gasteiger partial charge in [0, 0.05) is 18.6 Å². The molecule has 0 saturated heterocycles. The zero-order valence-corrected chi connectivity index (χ0v) is 24.5. The fourth-order valence-electron chi connectivity index (χ4n) is 4.09. The molecular weight excluding hydrogens is 610 g/mol. The number of hydrogen-bond acceptors (Lipinski definition) is 7. The molecule has 0 spiro atoms. The van der Waals surface area contributed by atoms with Gasteiger partial charge in [-0.15, -0.1) is 0 Å². The topological polar surface area (TPSA) is 73.1 Å². The average molecular weight is 635 g/mol. The van der Waals surface area contributed by atoms with E-state index in [-0.39, 0.29) is 12.2 Å². The molecule has 0 unspecified atom stereocenters. The van der Waals surface area contributed by atoms with E-state index >= 15 is 0 Å². The summed E-state index contributed by atoms with van der Waals surface area (Å²) in [6.45, 7) is 3.74. The standard InChI is InChI=1S/C26H25Br2N3O4S/c1-6-35-25(33)22-14(2)29-26-31(23(22)16-8-10-20(34-5)18(28)13-16)24(32)21(36-26)12-15-7-9-19(30(3)4)17(27)11-15/h7-13,23H,6H2,1-5H3/b21-12+/t23-/m0/s1. The van der Waals surface area contributed by atoms with Crippen LogP contribution in [0.1, 0.15) is 31.0 Å². The third-order valence-corrected chi connectivity index (χ3v) is 8.00. The van der Waals surface area contributed by atoms with Gasteiger partial charge in [0.25, 0.3) is 5.56 Å². The first-order valence-corrected chi connectivity index (χ1v) is 13.6. The molecule has 7 nitrogen and oxygen atoms in total. The fraction of sp³-hybridized carbons (Fsp3) is 0.269. The molecule has 2 aromatic carbocycles. The predicted octanol–water partition coefficient (Wildman–Crippen LogP) is 4.40. The zero-order valence-electron chi connectivity index (χ0n) is 20.5. The first-order chi connectivity index (χ1) is 17.2. The van der Waals surface area contributed by atoms with Crippen LogP contribution in [0.25, 0.3) is 6.08 Å². The lowest BCUT2D eigenvalue weighted by molar-refractivity contribution is -0.139. The molecule has 1 aliphatic heterocycles. The lowest BCUT2D eigenvalue weighted by Crippen LogP contribution is -2.40. The number of halogens is 2. The van der Waals surface area contributed by atoms with Crippen molar-refractivity contribution in [1.82, 2.24) is 4.57 Å². The number of rotatable bonds is 6. The van der Waals surface area contributed by atoms with Gasteiger partial charge in [0.05, 0.1) is 45.7 Å².